The Hall–Kier alpha value is -3.47. The monoisotopic (exact) mass is 552 g/mol. The van der Waals surface area contributed by atoms with Crippen LogP contribution in [0.15, 0.2) is 97.1 Å². The topological polar surface area (TPSA) is 52.6 Å². The van der Waals surface area contributed by atoms with E-state index in [0.29, 0.717) is 12.8 Å². The van der Waals surface area contributed by atoms with Crippen LogP contribution in [0, 0.1) is 0 Å². The first kappa shape index (κ1) is 25.8. The molecule has 4 aromatic carbocycles. The Morgan fingerprint density at radius 1 is 0.538 bits per heavy atom. The van der Waals surface area contributed by atoms with E-state index in [1.54, 1.807) is 0 Å². The Morgan fingerprint density at radius 3 is 1.10 bits per heavy atom. The van der Waals surface area contributed by atoms with Crippen molar-refractivity contribution >= 4 is 11.9 Å². The Labute approximate surface area is 234 Å². The van der Waals surface area contributed by atoms with E-state index in [4.69, 9.17) is 6.64 Å². The molecule has 2 aliphatic carbocycles. The van der Waals surface area contributed by atoms with Gasteiger partial charge in [0.05, 0.1) is 0 Å². The Kier molecular flexibility index (Phi) is 7.01. The molecule has 6 rings (SSSR count). The normalized spacial score (nSPS) is 13.8. The van der Waals surface area contributed by atoms with Gasteiger partial charge in [-0.2, -0.15) is 0 Å². The van der Waals surface area contributed by atoms with E-state index >= 15 is 0 Å². The molecule has 0 amide bonds. The average molecular weight is 552 g/mol. The number of hydrogen-bond acceptors (Lipinski definition) is 4. The summed E-state index contributed by atoms with van der Waals surface area (Å²) in [6.45, 7) is 3.94. The van der Waals surface area contributed by atoms with Gasteiger partial charge in [0, 0.05) is 0 Å². The molecule has 0 heterocycles. The molecule has 5 heteroatoms. The van der Waals surface area contributed by atoms with Gasteiger partial charge in [-0.05, 0) is 0 Å². The SMILES string of the molecule is CCCC(=O)[O][Ti]([O]C(=O)CCC)([CH]1c2ccccc2-c2ccccc21)[CH]1c2ccccc2-c2ccccc21. The summed E-state index contributed by atoms with van der Waals surface area (Å²) in [4.78, 5) is 27.2. The summed E-state index contributed by atoms with van der Waals surface area (Å²) in [7, 11) is 0. The molecule has 0 radical (unpaired) electrons. The van der Waals surface area contributed by atoms with E-state index in [1.165, 1.54) is 0 Å². The van der Waals surface area contributed by atoms with Crippen LogP contribution in [0.1, 0.15) is 70.2 Å². The van der Waals surface area contributed by atoms with Gasteiger partial charge in [-0.15, -0.1) is 0 Å². The fourth-order valence-electron chi connectivity index (χ4n) is 6.47. The average Bonchev–Trinajstić information content (AvgIpc) is 3.47. The molecule has 4 aromatic rings. The molecule has 0 bridgehead atoms. The van der Waals surface area contributed by atoms with Gasteiger partial charge in [-0.1, -0.05) is 0 Å². The molecular weight excluding hydrogens is 520 g/mol. The van der Waals surface area contributed by atoms with Crippen molar-refractivity contribution in [1.82, 2.24) is 0 Å². The van der Waals surface area contributed by atoms with Crippen molar-refractivity contribution in [1.29, 1.82) is 0 Å². The van der Waals surface area contributed by atoms with E-state index in [0.717, 1.165) is 44.5 Å². The van der Waals surface area contributed by atoms with Crippen LogP contribution in [0.25, 0.3) is 22.3 Å². The second kappa shape index (κ2) is 10.6. The molecule has 0 saturated carbocycles. The summed E-state index contributed by atoms with van der Waals surface area (Å²) in [5.74, 6) is -0.573. The maximum atomic E-state index is 13.6. The van der Waals surface area contributed by atoms with E-state index in [2.05, 4.69) is 48.5 Å². The zero-order valence-corrected chi connectivity index (χ0v) is 23.9. The van der Waals surface area contributed by atoms with Gasteiger partial charge in [-0.3, -0.25) is 0 Å². The van der Waals surface area contributed by atoms with E-state index < -0.39 is 17.4 Å². The quantitative estimate of drug-likeness (QED) is 0.207. The molecule has 0 aliphatic heterocycles. The summed E-state index contributed by atoms with van der Waals surface area (Å²) < 4.78 is 13.0. The number of hydrogen-bond donors (Lipinski definition) is 0. The predicted octanol–water partition coefficient (Wildman–Crippen LogP) is 8.20. The van der Waals surface area contributed by atoms with Crippen LogP contribution in [-0.4, -0.2) is 11.9 Å². The molecule has 0 atom stereocenters. The van der Waals surface area contributed by atoms with Crippen molar-refractivity contribution in [2.45, 2.75) is 48.0 Å². The van der Waals surface area contributed by atoms with Gasteiger partial charge in [-0.25, -0.2) is 0 Å². The second-order valence-corrected chi connectivity index (χ2v) is 15.1. The molecule has 2 aliphatic rings. The van der Waals surface area contributed by atoms with Crippen LogP contribution in [-0.2, 0) is 33.6 Å². The maximum absolute atomic E-state index is 13.6. The zero-order chi connectivity index (χ0) is 27.0. The van der Waals surface area contributed by atoms with Crippen LogP contribution in [0.5, 0.6) is 0 Å². The number of fused-ring (bicyclic) bond motifs is 6. The third-order valence-corrected chi connectivity index (χ3v) is 14.1. The number of carbonyl (C=O) groups is 2. The van der Waals surface area contributed by atoms with E-state index in [-0.39, 0.29) is 33.2 Å². The summed E-state index contributed by atoms with van der Waals surface area (Å²) >= 11 is -4.61. The van der Waals surface area contributed by atoms with Crippen molar-refractivity contribution in [2.75, 3.05) is 0 Å². The second-order valence-electron chi connectivity index (χ2n) is 10.4. The zero-order valence-electron chi connectivity index (χ0n) is 22.4. The summed E-state index contributed by atoms with van der Waals surface area (Å²) in [5, 5.41) is 0. The Morgan fingerprint density at radius 2 is 0.821 bits per heavy atom. The van der Waals surface area contributed by atoms with Crippen molar-refractivity contribution in [3.05, 3.63) is 119 Å². The number of rotatable bonds is 8. The molecular formula is C34H32O4Ti. The molecule has 196 valence electrons. The third-order valence-electron chi connectivity index (χ3n) is 7.93. The summed E-state index contributed by atoms with van der Waals surface area (Å²) in [5.41, 5.74) is 8.78. The van der Waals surface area contributed by atoms with Crippen molar-refractivity contribution < 1.29 is 33.6 Å². The summed E-state index contributed by atoms with van der Waals surface area (Å²) in [6.07, 6.45) is 1.89. The van der Waals surface area contributed by atoms with Crippen molar-refractivity contribution in [3.8, 4) is 22.3 Å². The van der Waals surface area contributed by atoms with Crippen LogP contribution >= 0.6 is 0 Å². The molecule has 0 fully saturated rings. The molecule has 4 nitrogen and oxygen atoms in total. The summed E-state index contributed by atoms with van der Waals surface area (Å²) in [6, 6.07) is 33.3. The van der Waals surface area contributed by atoms with Crippen LogP contribution in [0.2, 0.25) is 0 Å². The molecule has 0 spiro atoms. The number of carbonyl (C=O) groups excluding carboxylic acids is 2. The Balaban J connectivity index is 1.68. The third kappa shape index (κ3) is 4.27. The van der Waals surface area contributed by atoms with Gasteiger partial charge in [0.15, 0.2) is 0 Å². The van der Waals surface area contributed by atoms with Crippen LogP contribution in [0.4, 0.5) is 0 Å². The Bertz CT molecular complexity index is 1350. The molecule has 0 N–H and O–H groups in total. The predicted molar refractivity (Wildman–Crippen MR) is 149 cm³/mol. The van der Waals surface area contributed by atoms with Gasteiger partial charge in [0.25, 0.3) is 0 Å². The fourth-order valence-corrected chi connectivity index (χ4v) is 13.5. The molecule has 39 heavy (non-hydrogen) atoms. The molecule has 0 aromatic heterocycles. The standard InChI is InChI=1S/2C13H9.2C4H8O2.Ti/c2*1-3-7-12-10(5-1)9-11-6-2-4-8-13(11)12;2*1-2-3-4(5)6;/h2*1-9H;2*2-3H2,1H3,(H,5,6);/q;;;;+2/p-2. The van der Waals surface area contributed by atoms with Crippen molar-refractivity contribution in [2.24, 2.45) is 0 Å². The van der Waals surface area contributed by atoms with E-state index in [9.17, 15) is 9.59 Å². The minimum absolute atomic E-state index is 0.282. The number of benzene rings is 4. The van der Waals surface area contributed by atoms with Gasteiger partial charge in [0.2, 0.25) is 0 Å². The van der Waals surface area contributed by atoms with E-state index in [1.807, 2.05) is 62.4 Å². The van der Waals surface area contributed by atoms with Gasteiger partial charge >= 0.3 is 235 Å². The first-order valence-electron chi connectivity index (χ1n) is 13.9. The minimum atomic E-state index is -4.61. The van der Waals surface area contributed by atoms with Crippen LogP contribution < -0.4 is 0 Å². The van der Waals surface area contributed by atoms with Gasteiger partial charge in [0.1, 0.15) is 0 Å². The molecule has 0 unspecified atom stereocenters. The van der Waals surface area contributed by atoms with Crippen molar-refractivity contribution in [3.63, 3.8) is 0 Å². The first-order chi connectivity index (χ1) is 19.1. The molecule has 0 saturated heterocycles. The van der Waals surface area contributed by atoms with Gasteiger partial charge < -0.3 is 0 Å². The first-order valence-corrected chi connectivity index (χ1v) is 17.0. The fraction of sp³-hybridized carbons (Fsp3) is 0.235. The van der Waals surface area contributed by atoms with Crippen LogP contribution in [0.3, 0.4) is 0 Å².